The van der Waals surface area contributed by atoms with E-state index in [0.717, 1.165) is 16.7 Å². The Balaban J connectivity index is 1.71. The Hall–Kier alpha value is -4.11. The van der Waals surface area contributed by atoms with E-state index in [-0.39, 0.29) is 19.8 Å². The van der Waals surface area contributed by atoms with Crippen LogP contribution in [-0.4, -0.2) is 35.9 Å². The lowest BCUT2D eigenvalue weighted by atomic mass is 10.0. The summed E-state index contributed by atoms with van der Waals surface area (Å²) in [5.74, 6) is -0.460. The fraction of sp³-hybridized carbons (Fsp3) is 0.321. The molecule has 0 aliphatic rings. The number of nitrogens with one attached hydrogen (secondary N) is 1. The Bertz CT molecular complexity index is 1190. The number of carbonyl (C=O) groups is 2. The van der Waals surface area contributed by atoms with Gasteiger partial charge < -0.3 is 31.0 Å². The van der Waals surface area contributed by atoms with Gasteiger partial charge in [0.2, 0.25) is 0 Å². The molecule has 0 aliphatic carbocycles. The zero-order chi connectivity index (χ0) is 26.8. The summed E-state index contributed by atoms with van der Waals surface area (Å²) >= 11 is 0. The second-order valence-electron chi connectivity index (χ2n) is 9.50. The van der Waals surface area contributed by atoms with Gasteiger partial charge in [-0.2, -0.15) is 0 Å². The number of nitrogens with two attached hydrogens (primary N) is 2. The van der Waals surface area contributed by atoms with Crippen LogP contribution in [0.25, 0.3) is 11.1 Å². The number of alkyl carbamates (subject to hydrolysis) is 1. The number of pyridine rings is 1. The van der Waals surface area contributed by atoms with Crippen molar-refractivity contribution in [2.24, 2.45) is 0 Å². The molecular weight excluding hydrogens is 472 g/mol. The molecule has 3 rings (SSSR count). The van der Waals surface area contributed by atoms with Crippen molar-refractivity contribution in [2.45, 2.75) is 45.4 Å². The van der Waals surface area contributed by atoms with Gasteiger partial charge in [0.15, 0.2) is 0 Å². The van der Waals surface area contributed by atoms with Gasteiger partial charge in [0, 0.05) is 29.7 Å². The fourth-order valence-electron chi connectivity index (χ4n) is 3.58. The van der Waals surface area contributed by atoms with Crippen LogP contribution in [0.5, 0.6) is 0 Å². The van der Waals surface area contributed by atoms with E-state index in [1.807, 2.05) is 48.5 Å². The molecule has 0 unspecified atom stereocenters. The van der Waals surface area contributed by atoms with Crippen LogP contribution in [0.3, 0.4) is 0 Å². The van der Waals surface area contributed by atoms with E-state index in [0.29, 0.717) is 23.5 Å². The third kappa shape index (κ3) is 9.12. The quantitative estimate of drug-likeness (QED) is 0.205. The summed E-state index contributed by atoms with van der Waals surface area (Å²) in [5, 5.41) is 2.86. The molecule has 196 valence electrons. The number of rotatable bonds is 10. The van der Waals surface area contributed by atoms with Crippen LogP contribution in [0.1, 0.15) is 44.5 Å². The lowest BCUT2D eigenvalue weighted by molar-refractivity contribution is -0.160. The minimum absolute atomic E-state index is 0.129. The monoisotopic (exact) mass is 506 g/mol. The summed E-state index contributed by atoms with van der Waals surface area (Å²) in [6.07, 6.45) is 1.39. The Morgan fingerprint density at radius 2 is 1.78 bits per heavy atom. The SMILES string of the molecule is CC(C)(C)OC(=O)COCC[C@H](NC(=O)OCc1ccccc1)c1cc(-c2ccc(N)cc2N)ccn1. The second-order valence-corrected chi connectivity index (χ2v) is 9.50. The number of carbonyl (C=O) groups excluding carboxylic acids is 2. The molecule has 0 fully saturated rings. The topological polar surface area (TPSA) is 139 Å². The number of amides is 1. The number of aromatic nitrogens is 1. The average molecular weight is 507 g/mol. The lowest BCUT2D eigenvalue weighted by Gasteiger charge is -2.21. The summed E-state index contributed by atoms with van der Waals surface area (Å²) < 4.78 is 16.2. The summed E-state index contributed by atoms with van der Waals surface area (Å²) in [7, 11) is 0. The number of hydrogen-bond acceptors (Lipinski definition) is 8. The highest BCUT2D eigenvalue weighted by molar-refractivity contribution is 5.79. The minimum Gasteiger partial charge on any atom is -0.458 e. The number of ether oxygens (including phenoxy) is 3. The fourth-order valence-corrected chi connectivity index (χ4v) is 3.58. The van der Waals surface area contributed by atoms with Crippen LogP contribution >= 0.6 is 0 Å². The molecular formula is C28H34N4O5. The summed E-state index contributed by atoms with van der Waals surface area (Å²) in [5.41, 5.74) is 15.6. The van der Waals surface area contributed by atoms with Crippen molar-refractivity contribution in [3.8, 4) is 11.1 Å². The first-order chi connectivity index (χ1) is 17.6. The van der Waals surface area contributed by atoms with Crippen molar-refractivity contribution in [3.63, 3.8) is 0 Å². The zero-order valence-corrected chi connectivity index (χ0v) is 21.4. The van der Waals surface area contributed by atoms with Gasteiger partial charge in [-0.15, -0.1) is 0 Å². The molecule has 0 bridgehead atoms. The first kappa shape index (κ1) is 27.5. The molecule has 0 spiro atoms. The smallest absolute Gasteiger partial charge is 0.408 e. The number of hydrogen-bond donors (Lipinski definition) is 3. The molecule has 0 saturated heterocycles. The molecule has 0 radical (unpaired) electrons. The number of nitrogens with zero attached hydrogens (tertiary/aromatic N) is 1. The number of nitrogen functional groups attached to an aromatic ring is 2. The molecule has 3 aromatic rings. The van der Waals surface area contributed by atoms with Crippen LogP contribution in [0.4, 0.5) is 16.2 Å². The minimum atomic E-state index is -0.597. The molecule has 1 aromatic heterocycles. The third-order valence-corrected chi connectivity index (χ3v) is 5.22. The maximum atomic E-state index is 12.6. The number of anilines is 2. The van der Waals surface area contributed by atoms with Gasteiger partial charge in [-0.25, -0.2) is 9.59 Å². The molecule has 0 aliphatic heterocycles. The van der Waals surface area contributed by atoms with Gasteiger partial charge in [0.05, 0.1) is 11.7 Å². The van der Waals surface area contributed by atoms with Crippen molar-refractivity contribution in [3.05, 3.63) is 78.1 Å². The summed E-state index contributed by atoms with van der Waals surface area (Å²) in [4.78, 5) is 29.1. The molecule has 2 aromatic carbocycles. The van der Waals surface area contributed by atoms with Crippen molar-refractivity contribution in [2.75, 3.05) is 24.7 Å². The van der Waals surface area contributed by atoms with E-state index in [1.54, 1.807) is 39.1 Å². The molecule has 9 nitrogen and oxygen atoms in total. The highest BCUT2D eigenvalue weighted by Gasteiger charge is 2.20. The van der Waals surface area contributed by atoms with Crippen molar-refractivity contribution in [1.29, 1.82) is 0 Å². The van der Waals surface area contributed by atoms with E-state index in [4.69, 9.17) is 25.7 Å². The van der Waals surface area contributed by atoms with Gasteiger partial charge >= 0.3 is 12.1 Å². The van der Waals surface area contributed by atoms with E-state index in [2.05, 4.69) is 10.3 Å². The molecule has 1 heterocycles. The number of esters is 1. The summed E-state index contributed by atoms with van der Waals surface area (Å²) in [6.45, 7) is 5.48. The Morgan fingerprint density at radius 3 is 2.49 bits per heavy atom. The normalized spacial score (nSPS) is 12.0. The Labute approximate surface area is 217 Å². The van der Waals surface area contributed by atoms with Crippen molar-refractivity contribution < 1.29 is 23.8 Å². The first-order valence-electron chi connectivity index (χ1n) is 12.0. The maximum Gasteiger partial charge on any atom is 0.408 e. The van der Waals surface area contributed by atoms with Crippen LogP contribution in [0, 0.1) is 0 Å². The van der Waals surface area contributed by atoms with Crippen LogP contribution in [0.2, 0.25) is 0 Å². The molecule has 0 saturated carbocycles. The van der Waals surface area contributed by atoms with E-state index < -0.39 is 23.7 Å². The van der Waals surface area contributed by atoms with Gasteiger partial charge in [-0.05, 0) is 62.6 Å². The first-order valence-corrected chi connectivity index (χ1v) is 12.0. The summed E-state index contributed by atoms with van der Waals surface area (Å²) in [6, 6.07) is 17.8. The van der Waals surface area contributed by atoms with Gasteiger partial charge in [0.1, 0.15) is 18.8 Å². The van der Waals surface area contributed by atoms with Crippen molar-refractivity contribution >= 4 is 23.4 Å². The molecule has 1 atom stereocenters. The standard InChI is InChI=1S/C28H34N4O5/c1-28(2,3)37-26(33)18-35-14-12-24(32-27(34)36-17-19-7-5-4-6-8-19)25-15-20(11-13-31-25)22-10-9-21(29)16-23(22)30/h4-11,13,15-16,24H,12,14,17-18,29-30H2,1-3H3,(H,32,34)/t24-/m0/s1. The highest BCUT2D eigenvalue weighted by atomic mass is 16.6. The lowest BCUT2D eigenvalue weighted by Crippen LogP contribution is -2.31. The van der Waals surface area contributed by atoms with Crippen LogP contribution < -0.4 is 16.8 Å². The van der Waals surface area contributed by atoms with Gasteiger partial charge in [-0.3, -0.25) is 4.98 Å². The average Bonchev–Trinajstić information content (AvgIpc) is 2.84. The highest BCUT2D eigenvalue weighted by Crippen LogP contribution is 2.29. The van der Waals surface area contributed by atoms with E-state index in [1.165, 1.54) is 0 Å². The predicted octanol–water partition coefficient (Wildman–Crippen LogP) is 4.63. The third-order valence-electron chi connectivity index (χ3n) is 5.22. The van der Waals surface area contributed by atoms with Crippen LogP contribution in [-0.2, 0) is 25.6 Å². The second kappa shape index (κ2) is 12.7. The van der Waals surface area contributed by atoms with Gasteiger partial charge in [-0.1, -0.05) is 36.4 Å². The predicted molar refractivity (Wildman–Crippen MR) is 142 cm³/mol. The van der Waals surface area contributed by atoms with Crippen LogP contribution in [0.15, 0.2) is 66.9 Å². The zero-order valence-electron chi connectivity index (χ0n) is 21.4. The number of benzene rings is 2. The molecule has 9 heteroatoms. The van der Waals surface area contributed by atoms with E-state index in [9.17, 15) is 9.59 Å². The molecule has 37 heavy (non-hydrogen) atoms. The Morgan fingerprint density at radius 1 is 1.03 bits per heavy atom. The molecule has 5 N–H and O–H groups in total. The van der Waals surface area contributed by atoms with E-state index >= 15 is 0 Å². The Kier molecular flexibility index (Phi) is 9.45. The van der Waals surface area contributed by atoms with Gasteiger partial charge in [0.25, 0.3) is 0 Å². The molecule has 1 amide bonds. The largest absolute Gasteiger partial charge is 0.458 e. The maximum absolute atomic E-state index is 12.6. The van der Waals surface area contributed by atoms with Crippen molar-refractivity contribution in [1.82, 2.24) is 10.3 Å².